The van der Waals surface area contributed by atoms with Crippen molar-refractivity contribution < 1.29 is 4.39 Å². The van der Waals surface area contributed by atoms with Crippen LogP contribution in [0.2, 0.25) is 0 Å². The second-order valence-electron chi connectivity index (χ2n) is 7.54. The van der Waals surface area contributed by atoms with Crippen LogP contribution in [0.1, 0.15) is 30.1 Å². The van der Waals surface area contributed by atoms with Crippen molar-refractivity contribution in [1.82, 2.24) is 29.7 Å². The molecule has 1 aliphatic rings. The van der Waals surface area contributed by atoms with Gasteiger partial charge >= 0.3 is 0 Å². The lowest BCUT2D eigenvalue weighted by Gasteiger charge is -2.24. The second kappa shape index (κ2) is 8.13. The van der Waals surface area contributed by atoms with Crippen molar-refractivity contribution in [3.8, 4) is 17.2 Å². The van der Waals surface area contributed by atoms with Crippen LogP contribution in [-0.4, -0.2) is 37.5 Å². The minimum atomic E-state index is -0.400. The third kappa shape index (κ3) is 3.58. The van der Waals surface area contributed by atoms with Crippen molar-refractivity contribution in [2.45, 2.75) is 35.7 Å². The number of nitrogens with one attached hydrogen (secondary N) is 1. The molecular weight excluding hydrogens is 413 g/mol. The summed E-state index contributed by atoms with van der Waals surface area (Å²) in [5.41, 5.74) is 4.05. The summed E-state index contributed by atoms with van der Waals surface area (Å²) in [6, 6.07) is 7.41. The van der Waals surface area contributed by atoms with Gasteiger partial charge in [-0.15, -0.1) is 0 Å². The van der Waals surface area contributed by atoms with E-state index in [-0.39, 0.29) is 5.03 Å². The maximum absolute atomic E-state index is 14.3. The quantitative estimate of drug-likeness (QED) is 0.524. The molecule has 0 spiro atoms. The number of aromatic nitrogens is 5. The van der Waals surface area contributed by atoms with E-state index in [1.165, 1.54) is 24.0 Å². The fourth-order valence-corrected chi connectivity index (χ4v) is 5.03. The van der Waals surface area contributed by atoms with Crippen LogP contribution in [-0.2, 0) is 0 Å². The van der Waals surface area contributed by atoms with Gasteiger partial charge in [0.1, 0.15) is 11.1 Å². The average molecular weight is 434 g/mol. The minimum Gasteiger partial charge on any atom is -0.315 e. The summed E-state index contributed by atoms with van der Waals surface area (Å²) in [6.07, 6.45) is 9.07. The first-order chi connectivity index (χ1) is 15.2. The van der Waals surface area contributed by atoms with Gasteiger partial charge in [0.15, 0.2) is 5.82 Å². The van der Waals surface area contributed by atoms with E-state index >= 15 is 0 Å². The lowest BCUT2D eigenvalue weighted by Crippen LogP contribution is -2.32. The Morgan fingerprint density at radius 2 is 2.23 bits per heavy atom. The SMILES string of the molecule is Cc1c(-c2cc(Sc3ncccc3F)c3c(C#N)cnn3c2)cnn1[C@H]1CCCNC1. The lowest BCUT2D eigenvalue weighted by atomic mass is 10.1. The van der Waals surface area contributed by atoms with Gasteiger partial charge in [0.2, 0.25) is 0 Å². The van der Waals surface area contributed by atoms with E-state index in [4.69, 9.17) is 0 Å². The molecule has 1 N–H and O–H groups in total. The lowest BCUT2D eigenvalue weighted by molar-refractivity contribution is 0.342. The highest BCUT2D eigenvalue weighted by Gasteiger charge is 2.21. The number of fused-ring (bicyclic) bond motifs is 1. The molecule has 0 unspecified atom stereocenters. The fourth-order valence-electron chi connectivity index (χ4n) is 4.06. The normalized spacial score (nSPS) is 16.5. The number of hydrogen-bond acceptors (Lipinski definition) is 6. The van der Waals surface area contributed by atoms with E-state index in [0.29, 0.717) is 17.1 Å². The summed E-state index contributed by atoms with van der Waals surface area (Å²) >= 11 is 1.19. The van der Waals surface area contributed by atoms with Crippen molar-refractivity contribution in [1.29, 1.82) is 5.26 Å². The first-order valence-electron chi connectivity index (χ1n) is 10.1. The summed E-state index contributed by atoms with van der Waals surface area (Å²) < 4.78 is 18.1. The Morgan fingerprint density at radius 3 is 3.00 bits per heavy atom. The topological polar surface area (TPSA) is 83.8 Å². The predicted octanol–water partition coefficient (Wildman–Crippen LogP) is 3.99. The first kappa shape index (κ1) is 19.7. The maximum Gasteiger partial charge on any atom is 0.155 e. The minimum absolute atomic E-state index is 0.257. The highest BCUT2D eigenvalue weighted by molar-refractivity contribution is 7.99. The van der Waals surface area contributed by atoms with E-state index in [2.05, 4.69) is 38.2 Å². The Kier molecular flexibility index (Phi) is 5.18. The molecule has 0 amide bonds. The summed E-state index contributed by atoms with van der Waals surface area (Å²) in [6.45, 7) is 4.02. The summed E-state index contributed by atoms with van der Waals surface area (Å²) in [4.78, 5) is 4.88. The van der Waals surface area contributed by atoms with Crippen LogP contribution in [0.5, 0.6) is 0 Å². The Balaban J connectivity index is 1.62. The second-order valence-corrected chi connectivity index (χ2v) is 8.57. The Morgan fingerprint density at radius 1 is 1.32 bits per heavy atom. The molecule has 9 heteroatoms. The molecule has 0 saturated carbocycles. The zero-order valence-corrected chi connectivity index (χ0v) is 17.7. The van der Waals surface area contributed by atoms with Gasteiger partial charge in [-0.25, -0.2) is 13.9 Å². The number of rotatable bonds is 4. The highest BCUT2D eigenvalue weighted by Crippen LogP contribution is 2.37. The molecule has 5 rings (SSSR count). The summed E-state index contributed by atoms with van der Waals surface area (Å²) in [5, 5.41) is 22.2. The monoisotopic (exact) mass is 433 g/mol. The van der Waals surface area contributed by atoms with Crippen molar-refractivity contribution in [3.63, 3.8) is 0 Å². The zero-order chi connectivity index (χ0) is 21.4. The maximum atomic E-state index is 14.3. The third-order valence-electron chi connectivity index (χ3n) is 5.60. The Labute approximate surface area is 182 Å². The number of pyridine rings is 2. The Hall–Kier alpha value is -3.22. The number of nitriles is 1. The van der Waals surface area contributed by atoms with Gasteiger partial charge in [-0.05, 0) is 44.5 Å². The van der Waals surface area contributed by atoms with Crippen molar-refractivity contribution in [2.24, 2.45) is 0 Å². The van der Waals surface area contributed by atoms with Gasteiger partial charge in [0.25, 0.3) is 0 Å². The molecule has 5 heterocycles. The van der Waals surface area contributed by atoms with Gasteiger partial charge in [0, 0.05) is 40.7 Å². The molecule has 1 aliphatic heterocycles. The molecular formula is C22H20FN7S. The molecule has 156 valence electrons. The van der Waals surface area contributed by atoms with Gasteiger partial charge in [0.05, 0.1) is 29.5 Å². The molecule has 1 fully saturated rings. The molecule has 7 nitrogen and oxygen atoms in total. The average Bonchev–Trinajstić information content (AvgIpc) is 3.39. The number of hydrogen-bond donors (Lipinski definition) is 1. The third-order valence-corrected chi connectivity index (χ3v) is 6.63. The fraction of sp³-hybridized carbons (Fsp3) is 0.273. The Bertz CT molecular complexity index is 1300. The van der Waals surface area contributed by atoms with E-state index in [0.717, 1.165) is 47.6 Å². The van der Waals surface area contributed by atoms with Crippen LogP contribution in [0, 0.1) is 24.1 Å². The van der Waals surface area contributed by atoms with Crippen LogP contribution in [0.4, 0.5) is 4.39 Å². The predicted molar refractivity (Wildman–Crippen MR) is 115 cm³/mol. The van der Waals surface area contributed by atoms with Crippen LogP contribution in [0.25, 0.3) is 16.6 Å². The van der Waals surface area contributed by atoms with Crippen molar-refractivity contribution in [2.75, 3.05) is 13.1 Å². The highest BCUT2D eigenvalue weighted by atomic mass is 32.2. The van der Waals surface area contributed by atoms with Crippen molar-refractivity contribution >= 4 is 17.3 Å². The molecule has 1 saturated heterocycles. The van der Waals surface area contributed by atoms with Crippen LogP contribution in [0.3, 0.4) is 0 Å². The number of halogens is 1. The molecule has 0 aliphatic carbocycles. The number of nitrogens with zero attached hydrogens (tertiary/aromatic N) is 6. The standard InChI is InChI=1S/C22H20FN7S/c1-14-18(12-28-30(14)17-4-2-6-25-11-17)15-8-20(31-22-19(23)5-3-7-26-22)21-16(9-24)10-27-29(21)13-15/h3,5,7-8,10,12-13,17,25H,2,4,6,11H2,1H3/t17-/m0/s1. The van der Waals surface area contributed by atoms with Crippen LogP contribution < -0.4 is 5.32 Å². The van der Waals surface area contributed by atoms with E-state index in [9.17, 15) is 9.65 Å². The molecule has 31 heavy (non-hydrogen) atoms. The summed E-state index contributed by atoms with van der Waals surface area (Å²) in [7, 11) is 0. The van der Waals surface area contributed by atoms with Crippen LogP contribution >= 0.6 is 11.8 Å². The van der Waals surface area contributed by atoms with Gasteiger partial charge in [-0.2, -0.15) is 15.5 Å². The van der Waals surface area contributed by atoms with Crippen LogP contribution in [0.15, 0.2) is 52.9 Å². The largest absolute Gasteiger partial charge is 0.315 e. The smallest absolute Gasteiger partial charge is 0.155 e. The van der Waals surface area contributed by atoms with Gasteiger partial charge in [-0.1, -0.05) is 11.8 Å². The molecule has 4 aromatic rings. The molecule has 0 bridgehead atoms. The number of piperidine rings is 1. The van der Waals surface area contributed by atoms with E-state index < -0.39 is 5.82 Å². The zero-order valence-electron chi connectivity index (χ0n) is 16.9. The molecule has 1 atom stereocenters. The van der Waals surface area contributed by atoms with E-state index in [1.807, 2.05) is 18.5 Å². The molecule has 0 aromatic carbocycles. The summed E-state index contributed by atoms with van der Waals surface area (Å²) in [5.74, 6) is -0.400. The van der Waals surface area contributed by atoms with Gasteiger partial charge < -0.3 is 5.32 Å². The van der Waals surface area contributed by atoms with E-state index in [1.54, 1.807) is 16.8 Å². The molecule has 4 aromatic heterocycles. The van der Waals surface area contributed by atoms with Crippen molar-refractivity contribution in [3.05, 3.63) is 60.1 Å². The van der Waals surface area contributed by atoms with Gasteiger partial charge in [-0.3, -0.25) is 4.68 Å². The molecule has 0 radical (unpaired) electrons. The first-order valence-corrected chi connectivity index (χ1v) is 10.9.